The van der Waals surface area contributed by atoms with Gasteiger partial charge in [-0.3, -0.25) is 9.59 Å². The summed E-state index contributed by atoms with van der Waals surface area (Å²) in [5, 5.41) is 16.4. The smallest absolute Gasteiger partial charge is 0.522 e. The molecule has 3 rings (SSSR count). The average molecular weight is 483 g/mol. The minimum Gasteiger partial charge on any atom is -0.522 e. The molecule has 7 nitrogen and oxygen atoms in total. The summed E-state index contributed by atoms with van der Waals surface area (Å²) >= 11 is 12.0. The van der Waals surface area contributed by atoms with Crippen molar-refractivity contribution >= 4 is 42.1 Å². The monoisotopic (exact) mass is 482 g/mol. The van der Waals surface area contributed by atoms with E-state index in [2.05, 4.69) is 10.6 Å². The van der Waals surface area contributed by atoms with Gasteiger partial charge in [0.2, 0.25) is 5.91 Å². The Bertz CT molecular complexity index is 874. The fourth-order valence-corrected chi connectivity index (χ4v) is 4.47. The molecule has 2 amide bonds. The molecule has 0 radical (unpaired) electrons. The highest BCUT2D eigenvalue weighted by Crippen LogP contribution is 2.36. The summed E-state index contributed by atoms with van der Waals surface area (Å²) in [6.07, 6.45) is 5.86. The van der Waals surface area contributed by atoms with E-state index in [-0.39, 0.29) is 34.9 Å². The molecule has 3 N–H and O–H groups in total. The topological polar surface area (TPSA) is 96.9 Å². The largest absolute Gasteiger partial charge is 0.620 e. The van der Waals surface area contributed by atoms with Crippen molar-refractivity contribution in [2.75, 3.05) is 6.54 Å². The van der Waals surface area contributed by atoms with Crippen LogP contribution < -0.4 is 10.6 Å². The number of benzene rings is 1. The molecular formula is C22H29BCl2N2O5. The molecule has 174 valence electrons. The number of allylic oxidation sites excluding steroid dienone is 1. The fraction of sp³-hybridized carbons (Fsp3) is 0.545. The molecule has 1 aromatic rings. The van der Waals surface area contributed by atoms with Gasteiger partial charge in [-0.25, -0.2) is 0 Å². The maximum atomic E-state index is 12.6. The molecule has 1 aliphatic carbocycles. The highest BCUT2D eigenvalue weighted by Gasteiger charge is 2.44. The molecule has 1 aliphatic heterocycles. The number of carbonyl (C=O) groups excluding carboxylic acids is 2. The number of aliphatic hydroxyl groups is 1. The number of nitrogens with one attached hydrogen (secondary N) is 2. The quantitative estimate of drug-likeness (QED) is 0.469. The lowest BCUT2D eigenvalue weighted by molar-refractivity contribution is -0.120. The van der Waals surface area contributed by atoms with Gasteiger partial charge >= 0.3 is 7.12 Å². The maximum Gasteiger partial charge on any atom is 0.620 e. The highest BCUT2D eigenvalue weighted by atomic mass is 35.5. The molecule has 1 saturated carbocycles. The fourth-order valence-electron chi connectivity index (χ4n) is 4.10. The average Bonchev–Trinajstić information content (AvgIpc) is 3.15. The third-order valence-electron chi connectivity index (χ3n) is 5.64. The van der Waals surface area contributed by atoms with Crippen LogP contribution in [0.15, 0.2) is 29.9 Å². The molecule has 1 aromatic carbocycles. The summed E-state index contributed by atoms with van der Waals surface area (Å²) < 4.78 is 11.6. The minimum absolute atomic E-state index is 0.144. The van der Waals surface area contributed by atoms with Crippen LogP contribution in [-0.4, -0.2) is 36.5 Å². The highest BCUT2D eigenvalue weighted by molar-refractivity contribution is 6.48. The summed E-state index contributed by atoms with van der Waals surface area (Å²) in [7, 11) is -0.809. The second kappa shape index (κ2) is 11.2. The van der Waals surface area contributed by atoms with Gasteiger partial charge < -0.3 is 25.0 Å². The van der Waals surface area contributed by atoms with Gasteiger partial charge in [0.05, 0.1) is 23.1 Å². The number of rotatable bonds is 8. The van der Waals surface area contributed by atoms with E-state index in [4.69, 9.17) is 32.5 Å². The molecular weight excluding hydrogens is 454 g/mol. The molecule has 0 saturated heterocycles. The lowest BCUT2D eigenvalue weighted by Crippen LogP contribution is -2.51. The van der Waals surface area contributed by atoms with Gasteiger partial charge in [-0.15, -0.1) is 0 Å². The van der Waals surface area contributed by atoms with Crippen LogP contribution in [0, 0.1) is 11.8 Å². The summed E-state index contributed by atoms with van der Waals surface area (Å²) in [5.74, 6) is -0.702. The Morgan fingerprint density at radius 1 is 1.19 bits per heavy atom. The van der Waals surface area contributed by atoms with Crippen LogP contribution in [0.4, 0.5) is 0 Å². The SMILES string of the molecule is CC(C)C[C@H](NC(=O)CNC(=O)c1cc(Cl)ccc1Cl)B1OC(O)=C(C2CCCCC2)O1. The van der Waals surface area contributed by atoms with Crippen molar-refractivity contribution in [3.63, 3.8) is 0 Å². The van der Waals surface area contributed by atoms with Crippen LogP contribution in [0.2, 0.25) is 10.0 Å². The van der Waals surface area contributed by atoms with E-state index >= 15 is 0 Å². The zero-order valence-electron chi connectivity index (χ0n) is 18.3. The third kappa shape index (κ3) is 6.48. The Kier molecular flexibility index (Phi) is 8.60. The van der Waals surface area contributed by atoms with Crippen LogP contribution in [-0.2, 0) is 14.1 Å². The number of carbonyl (C=O) groups is 2. The first-order chi connectivity index (χ1) is 15.2. The van der Waals surface area contributed by atoms with E-state index < -0.39 is 24.9 Å². The number of aliphatic hydroxyl groups excluding tert-OH is 1. The van der Waals surface area contributed by atoms with Crippen LogP contribution >= 0.6 is 23.2 Å². The molecule has 10 heteroatoms. The van der Waals surface area contributed by atoms with E-state index in [1.807, 2.05) is 13.8 Å². The van der Waals surface area contributed by atoms with Crippen molar-refractivity contribution in [3.05, 3.63) is 45.5 Å². The second-order valence-corrected chi connectivity index (χ2v) is 9.56. The molecule has 0 spiro atoms. The number of amides is 2. The molecule has 1 fully saturated rings. The van der Waals surface area contributed by atoms with Gasteiger partial charge in [0, 0.05) is 10.9 Å². The first-order valence-corrected chi connectivity index (χ1v) is 11.8. The Labute approximate surface area is 199 Å². The van der Waals surface area contributed by atoms with Gasteiger partial charge in [-0.05, 0) is 43.4 Å². The zero-order chi connectivity index (χ0) is 23.3. The predicted molar refractivity (Wildman–Crippen MR) is 124 cm³/mol. The second-order valence-electron chi connectivity index (χ2n) is 8.72. The van der Waals surface area contributed by atoms with E-state index in [0.29, 0.717) is 17.2 Å². The van der Waals surface area contributed by atoms with E-state index in [1.54, 1.807) is 6.07 Å². The predicted octanol–water partition coefficient (Wildman–Crippen LogP) is 4.64. The molecule has 1 heterocycles. The molecule has 2 aliphatic rings. The summed E-state index contributed by atoms with van der Waals surface area (Å²) in [6, 6.07) is 4.55. The zero-order valence-corrected chi connectivity index (χ0v) is 19.8. The molecule has 0 bridgehead atoms. The lowest BCUT2D eigenvalue weighted by Gasteiger charge is -2.24. The van der Waals surface area contributed by atoms with Gasteiger partial charge in [-0.1, -0.05) is 56.3 Å². The van der Waals surface area contributed by atoms with Gasteiger partial charge in [0.1, 0.15) is 0 Å². The number of hydrogen-bond donors (Lipinski definition) is 3. The van der Waals surface area contributed by atoms with E-state index in [1.165, 1.54) is 18.6 Å². The minimum atomic E-state index is -0.809. The Balaban J connectivity index is 1.57. The first-order valence-electron chi connectivity index (χ1n) is 11.0. The normalized spacial score (nSPS) is 17.7. The van der Waals surface area contributed by atoms with E-state index in [9.17, 15) is 14.7 Å². The maximum absolute atomic E-state index is 12.6. The Morgan fingerprint density at radius 2 is 1.91 bits per heavy atom. The number of halogens is 2. The van der Waals surface area contributed by atoms with Gasteiger partial charge in [0.15, 0.2) is 5.76 Å². The van der Waals surface area contributed by atoms with Gasteiger partial charge in [-0.2, -0.15) is 0 Å². The van der Waals surface area contributed by atoms with Crippen LogP contribution in [0.5, 0.6) is 0 Å². The van der Waals surface area contributed by atoms with Crippen molar-refractivity contribution in [1.82, 2.24) is 10.6 Å². The molecule has 0 unspecified atom stereocenters. The lowest BCUT2D eigenvalue weighted by atomic mass is 9.74. The molecule has 32 heavy (non-hydrogen) atoms. The third-order valence-corrected chi connectivity index (χ3v) is 6.21. The van der Waals surface area contributed by atoms with Crippen molar-refractivity contribution in [3.8, 4) is 0 Å². The summed E-state index contributed by atoms with van der Waals surface area (Å²) in [5.41, 5.74) is 0.194. The van der Waals surface area contributed by atoms with Gasteiger partial charge in [0.25, 0.3) is 11.9 Å². The van der Waals surface area contributed by atoms with Crippen LogP contribution in [0.1, 0.15) is 62.7 Å². The van der Waals surface area contributed by atoms with Crippen molar-refractivity contribution < 1.29 is 24.0 Å². The molecule has 1 atom stereocenters. The summed E-state index contributed by atoms with van der Waals surface area (Å²) in [4.78, 5) is 25.0. The summed E-state index contributed by atoms with van der Waals surface area (Å²) in [6.45, 7) is 3.79. The van der Waals surface area contributed by atoms with Crippen molar-refractivity contribution in [1.29, 1.82) is 0 Å². The Morgan fingerprint density at radius 3 is 2.59 bits per heavy atom. The van der Waals surface area contributed by atoms with Crippen molar-refractivity contribution in [2.45, 2.75) is 58.3 Å². The Hall–Kier alpha value is -2.06. The van der Waals surface area contributed by atoms with Crippen molar-refractivity contribution in [2.24, 2.45) is 11.8 Å². The number of hydrogen-bond acceptors (Lipinski definition) is 5. The molecule has 0 aromatic heterocycles. The first kappa shape index (κ1) is 24.6. The standard InChI is InChI=1S/C22H29BCl2N2O5/c1-13(2)10-18(23-31-20(22(30)32-23)14-6-4-3-5-7-14)27-19(28)12-26-21(29)16-11-15(24)8-9-17(16)25/h8-9,11,13-14,18,30H,3-7,10,12H2,1-2H3,(H,26,29)(H,27,28)/t18-/m0/s1. The van der Waals surface area contributed by atoms with E-state index in [0.717, 1.165) is 25.7 Å². The van der Waals surface area contributed by atoms with Crippen LogP contribution in [0.25, 0.3) is 0 Å². The van der Waals surface area contributed by atoms with Crippen LogP contribution in [0.3, 0.4) is 0 Å².